The first-order chi connectivity index (χ1) is 15.7. The summed E-state index contributed by atoms with van der Waals surface area (Å²) in [5.41, 5.74) is 1.58. The first-order valence-corrected chi connectivity index (χ1v) is 20.3. The van der Waals surface area contributed by atoms with Crippen molar-refractivity contribution >= 4 is 38.4 Å². The first kappa shape index (κ1) is 30.4. The van der Waals surface area contributed by atoms with Gasteiger partial charge in [-0.3, -0.25) is 0 Å². The highest BCUT2D eigenvalue weighted by Crippen LogP contribution is 2.50. The first-order valence-electron chi connectivity index (χ1n) is 12.8. The Hall–Kier alpha value is -0.826. The highest BCUT2D eigenvalue weighted by molar-refractivity contribution is 9.10. The fraction of sp³-hybridized carbons (Fsp3) is 0.655. The van der Waals surface area contributed by atoms with E-state index in [4.69, 9.17) is 9.16 Å². The van der Waals surface area contributed by atoms with Crippen LogP contribution in [0.2, 0.25) is 43.8 Å². The van der Waals surface area contributed by atoms with Crippen LogP contribution in [-0.4, -0.2) is 34.2 Å². The fourth-order valence-electron chi connectivity index (χ4n) is 5.33. The summed E-state index contributed by atoms with van der Waals surface area (Å²) in [6.07, 6.45) is 8.40. The van der Waals surface area contributed by atoms with E-state index in [1.807, 2.05) is 12.1 Å². The van der Waals surface area contributed by atoms with Crippen LogP contribution in [-0.2, 0) is 0 Å². The van der Waals surface area contributed by atoms with Gasteiger partial charge in [0, 0.05) is 13.6 Å². The molecule has 0 radical (unpaired) electrons. The van der Waals surface area contributed by atoms with Crippen molar-refractivity contribution in [3.63, 3.8) is 0 Å². The zero-order valence-electron chi connectivity index (χ0n) is 24.2. The number of aliphatic hydroxyl groups is 1. The van der Waals surface area contributed by atoms with Gasteiger partial charge in [-0.05, 0) is 83.3 Å². The second-order valence-electron chi connectivity index (χ2n) is 14.0. The Balaban J connectivity index is 2.45. The maximum atomic E-state index is 12.0. The summed E-state index contributed by atoms with van der Waals surface area (Å²) >= 11 is 3.64. The van der Waals surface area contributed by atoms with Crippen molar-refractivity contribution in [2.45, 2.75) is 104 Å². The molecule has 35 heavy (non-hydrogen) atoms. The Labute approximate surface area is 225 Å². The molecule has 0 spiro atoms. The number of hydrogen-bond acceptors (Lipinski definition) is 3. The minimum absolute atomic E-state index is 0.0233. The average Bonchev–Trinajstić information content (AvgIpc) is 2.61. The molecule has 1 aromatic carbocycles. The molecule has 1 N–H and O–H groups in total. The van der Waals surface area contributed by atoms with E-state index in [0.717, 1.165) is 40.4 Å². The Bertz CT molecular complexity index is 967. The smallest absolute Gasteiger partial charge is 0.250 e. The zero-order chi connectivity index (χ0) is 27.0. The van der Waals surface area contributed by atoms with Crippen molar-refractivity contribution in [1.29, 1.82) is 0 Å². The summed E-state index contributed by atoms with van der Waals surface area (Å²) in [6.45, 7) is 25.2. The molecule has 198 valence electrons. The number of benzene rings is 1. The van der Waals surface area contributed by atoms with Crippen LogP contribution in [0.4, 0.5) is 0 Å². The normalized spacial score (nSPS) is 23.4. The van der Waals surface area contributed by atoms with Crippen LogP contribution >= 0.6 is 15.9 Å². The summed E-state index contributed by atoms with van der Waals surface area (Å²) in [6, 6.07) is 4.97. The van der Waals surface area contributed by atoms with E-state index < -0.39 is 22.0 Å². The van der Waals surface area contributed by atoms with Crippen LogP contribution in [0.3, 0.4) is 0 Å². The average molecular weight is 582 g/mol. The molecule has 0 aliphatic heterocycles. The fourth-order valence-corrected chi connectivity index (χ4v) is 8.89. The van der Waals surface area contributed by atoms with Gasteiger partial charge < -0.3 is 14.3 Å². The number of rotatable bonds is 8. The molecule has 0 amide bonds. The van der Waals surface area contributed by atoms with E-state index in [9.17, 15) is 5.11 Å². The second kappa shape index (κ2) is 10.5. The summed E-state index contributed by atoms with van der Waals surface area (Å²) in [5, 5.41) is 12.1. The molecule has 0 aromatic heterocycles. The molecule has 1 aliphatic rings. The molecule has 2 unspecified atom stereocenters. The molecule has 2 rings (SSSR count). The van der Waals surface area contributed by atoms with Crippen LogP contribution < -0.4 is 9.16 Å². The standard InChI is InChI=1S/C29H49BrO3Si2/c1-21-18-28(5,6)26(29(31,19-21)20-34(8,9)10)15-13-14-22-16-25(32-7)23(30)17-24(22)33-35(11,12)27(2,3)4/h13-14,16-17,19,26,31H,15,18,20H2,1-12H3/b14-13+. The Kier molecular flexibility index (Phi) is 9.12. The topological polar surface area (TPSA) is 38.7 Å². The zero-order valence-corrected chi connectivity index (χ0v) is 27.8. The Morgan fingerprint density at radius 2 is 1.71 bits per heavy atom. The van der Waals surface area contributed by atoms with Gasteiger partial charge in [0.25, 0.3) is 8.32 Å². The number of methoxy groups -OCH3 is 1. The maximum absolute atomic E-state index is 12.0. The molecule has 2 atom stereocenters. The molecule has 0 fully saturated rings. The number of halogens is 1. The van der Waals surface area contributed by atoms with E-state index in [-0.39, 0.29) is 16.4 Å². The van der Waals surface area contributed by atoms with Crippen LogP contribution in [0.1, 0.15) is 59.9 Å². The molecule has 3 nitrogen and oxygen atoms in total. The predicted molar refractivity (Wildman–Crippen MR) is 161 cm³/mol. The lowest BCUT2D eigenvalue weighted by molar-refractivity contribution is -0.0249. The van der Waals surface area contributed by atoms with E-state index in [2.05, 4.69) is 108 Å². The van der Waals surface area contributed by atoms with Gasteiger partial charge in [-0.1, -0.05) is 78.1 Å². The van der Waals surface area contributed by atoms with Crippen molar-refractivity contribution in [2.24, 2.45) is 11.3 Å². The Morgan fingerprint density at radius 1 is 1.11 bits per heavy atom. The number of ether oxygens (including phenoxy) is 1. The number of hydrogen-bond donors (Lipinski definition) is 1. The predicted octanol–water partition coefficient (Wildman–Crippen LogP) is 9.31. The molecule has 1 aliphatic carbocycles. The van der Waals surface area contributed by atoms with Crippen LogP contribution in [0, 0.1) is 11.3 Å². The molecule has 1 aromatic rings. The summed E-state index contributed by atoms with van der Waals surface area (Å²) in [4.78, 5) is 0. The largest absolute Gasteiger partial charge is 0.543 e. The minimum atomic E-state index is -2.02. The van der Waals surface area contributed by atoms with E-state index >= 15 is 0 Å². The van der Waals surface area contributed by atoms with Gasteiger partial charge in [0.2, 0.25) is 0 Å². The van der Waals surface area contributed by atoms with Crippen molar-refractivity contribution in [3.8, 4) is 11.5 Å². The Morgan fingerprint density at radius 3 is 2.23 bits per heavy atom. The van der Waals surface area contributed by atoms with Crippen LogP contribution in [0.25, 0.3) is 6.08 Å². The van der Waals surface area contributed by atoms with Gasteiger partial charge in [-0.15, -0.1) is 0 Å². The maximum Gasteiger partial charge on any atom is 0.250 e. The van der Waals surface area contributed by atoms with Crippen LogP contribution in [0.15, 0.2) is 34.3 Å². The third kappa shape index (κ3) is 7.59. The van der Waals surface area contributed by atoms with Crippen molar-refractivity contribution in [2.75, 3.05) is 7.11 Å². The molecule has 6 heteroatoms. The SMILES string of the molecule is COc1cc(/C=C/CC2C(C)(C)CC(C)=CC2(O)C[Si](C)(C)C)c(O[Si](C)(C)C(C)(C)C)cc1Br. The van der Waals surface area contributed by atoms with Gasteiger partial charge in [-0.2, -0.15) is 0 Å². The van der Waals surface area contributed by atoms with Crippen molar-refractivity contribution in [1.82, 2.24) is 0 Å². The van der Waals surface area contributed by atoms with E-state index in [0.29, 0.717) is 0 Å². The summed E-state index contributed by atoms with van der Waals surface area (Å²) in [5.74, 6) is 1.83. The third-order valence-corrected chi connectivity index (χ3v) is 14.3. The molecule has 0 bridgehead atoms. The van der Waals surface area contributed by atoms with Gasteiger partial charge >= 0.3 is 0 Å². The lowest BCUT2D eigenvalue weighted by Gasteiger charge is -2.49. The van der Waals surface area contributed by atoms with Gasteiger partial charge in [0.05, 0.1) is 17.2 Å². The van der Waals surface area contributed by atoms with Gasteiger partial charge in [-0.25, -0.2) is 0 Å². The van der Waals surface area contributed by atoms with Gasteiger partial charge in [0.15, 0.2) is 0 Å². The van der Waals surface area contributed by atoms with Gasteiger partial charge in [0.1, 0.15) is 11.5 Å². The highest BCUT2D eigenvalue weighted by atomic mass is 79.9. The second-order valence-corrected chi connectivity index (χ2v) is 25.0. The molecule has 0 heterocycles. The summed E-state index contributed by atoms with van der Waals surface area (Å²) in [7, 11) is -1.81. The van der Waals surface area contributed by atoms with E-state index in [1.165, 1.54) is 5.57 Å². The quantitative estimate of drug-likeness (QED) is 0.246. The van der Waals surface area contributed by atoms with Crippen molar-refractivity contribution in [3.05, 3.63) is 39.9 Å². The van der Waals surface area contributed by atoms with Crippen molar-refractivity contribution < 1.29 is 14.3 Å². The lowest BCUT2D eigenvalue weighted by Crippen LogP contribution is -2.50. The minimum Gasteiger partial charge on any atom is -0.543 e. The highest BCUT2D eigenvalue weighted by Gasteiger charge is 2.48. The van der Waals surface area contributed by atoms with Crippen LogP contribution in [0.5, 0.6) is 11.5 Å². The lowest BCUT2D eigenvalue weighted by atomic mass is 9.62. The number of allylic oxidation sites excluding steroid dienone is 2. The molecular formula is C29H49BrO3Si2. The molecule has 0 saturated carbocycles. The summed E-state index contributed by atoms with van der Waals surface area (Å²) < 4.78 is 13.2. The third-order valence-electron chi connectivity index (χ3n) is 7.72. The monoisotopic (exact) mass is 580 g/mol. The molecular weight excluding hydrogens is 532 g/mol. The van der Waals surface area contributed by atoms with E-state index in [1.54, 1.807) is 7.11 Å². The molecule has 0 saturated heterocycles.